The van der Waals surface area contributed by atoms with E-state index in [2.05, 4.69) is 27.7 Å². The Bertz CT molecular complexity index is 627. The number of anilines is 1. The number of aromatic nitrogens is 2. The Hall–Kier alpha value is -2.08. The van der Waals surface area contributed by atoms with E-state index in [1.54, 1.807) is 18.2 Å². The first-order valence-corrected chi connectivity index (χ1v) is 7.08. The third-order valence-electron chi connectivity index (χ3n) is 2.72. The van der Waals surface area contributed by atoms with E-state index in [1.807, 2.05) is 6.92 Å². The summed E-state index contributed by atoms with van der Waals surface area (Å²) in [5, 5.41) is 9.88. The van der Waals surface area contributed by atoms with E-state index in [4.69, 9.17) is 16.1 Å². The lowest BCUT2D eigenvalue weighted by Gasteiger charge is -2.08. The van der Waals surface area contributed by atoms with Gasteiger partial charge in [0, 0.05) is 12.6 Å². The zero-order chi connectivity index (χ0) is 15.2. The smallest absolute Gasteiger partial charge is 0.271 e. The van der Waals surface area contributed by atoms with E-state index >= 15 is 0 Å². The number of hydrogen-bond acceptors (Lipinski definition) is 5. The molecule has 2 aromatic rings. The fraction of sp³-hybridized carbons (Fsp3) is 0.357. The average molecular weight is 309 g/mol. The lowest BCUT2D eigenvalue weighted by Crippen LogP contribution is -2.24. The van der Waals surface area contributed by atoms with Crippen LogP contribution in [0.25, 0.3) is 0 Å². The maximum atomic E-state index is 12.1. The molecule has 6 nitrogen and oxygen atoms in total. The summed E-state index contributed by atoms with van der Waals surface area (Å²) in [7, 11) is 0. The molecule has 0 unspecified atom stereocenters. The van der Waals surface area contributed by atoms with E-state index in [9.17, 15) is 4.79 Å². The highest BCUT2D eigenvalue weighted by Crippen LogP contribution is 2.17. The molecule has 0 saturated heterocycles. The molecule has 0 bridgehead atoms. The Morgan fingerprint density at radius 2 is 2.24 bits per heavy atom. The van der Waals surface area contributed by atoms with E-state index < -0.39 is 0 Å². The number of amides is 1. The van der Waals surface area contributed by atoms with Gasteiger partial charge in [-0.2, -0.15) is 0 Å². The highest BCUT2D eigenvalue weighted by atomic mass is 35.5. The van der Waals surface area contributed by atoms with Crippen LogP contribution < -0.4 is 10.6 Å². The number of carbonyl (C=O) groups excluding carboxylic acids is 1. The van der Waals surface area contributed by atoms with Gasteiger partial charge in [-0.15, -0.1) is 0 Å². The van der Waals surface area contributed by atoms with Gasteiger partial charge in [-0.3, -0.25) is 4.79 Å². The van der Waals surface area contributed by atoms with Crippen LogP contribution >= 0.6 is 11.6 Å². The normalized spacial score (nSPS) is 10.4. The van der Waals surface area contributed by atoms with Crippen molar-refractivity contribution in [3.8, 4) is 0 Å². The van der Waals surface area contributed by atoms with Crippen molar-refractivity contribution < 1.29 is 9.32 Å². The number of rotatable bonds is 6. The van der Waals surface area contributed by atoms with E-state index in [0.29, 0.717) is 16.6 Å². The highest BCUT2D eigenvalue weighted by molar-refractivity contribution is 6.33. The molecule has 7 heteroatoms. The van der Waals surface area contributed by atoms with Crippen LogP contribution in [-0.2, 0) is 6.54 Å². The quantitative estimate of drug-likeness (QED) is 0.857. The standard InChI is InChI=1S/C14H17ClN4O2/c1-3-6-16-12-5-4-11(15)13(18-12)14(20)17-8-10-7-9(2)19-21-10/h4-5,7H,3,6,8H2,1-2H3,(H,16,18)(H,17,20). The Balaban J connectivity index is 2.03. The predicted molar refractivity (Wildman–Crippen MR) is 80.4 cm³/mol. The van der Waals surface area contributed by atoms with E-state index in [-0.39, 0.29) is 18.1 Å². The SMILES string of the molecule is CCCNc1ccc(Cl)c(C(=O)NCc2cc(C)no2)n1. The van der Waals surface area contributed by atoms with Crippen molar-refractivity contribution in [2.45, 2.75) is 26.8 Å². The van der Waals surface area contributed by atoms with Crippen LogP contribution in [-0.4, -0.2) is 22.6 Å². The Morgan fingerprint density at radius 1 is 1.43 bits per heavy atom. The molecule has 0 fully saturated rings. The van der Waals surface area contributed by atoms with Gasteiger partial charge in [0.25, 0.3) is 5.91 Å². The van der Waals surface area contributed by atoms with E-state index in [1.165, 1.54) is 0 Å². The van der Waals surface area contributed by atoms with Crippen molar-refractivity contribution in [3.05, 3.63) is 40.4 Å². The molecule has 0 aliphatic heterocycles. The summed E-state index contributed by atoms with van der Waals surface area (Å²) >= 11 is 6.02. The third-order valence-corrected chi connectivity index (χ3v) is 3.02. The monoisotopic (exact) mass is 308 g/mol. The molecule has 2 N–H and O–H groups in total. The second-order valence-electron chi connectivity index (χ2n) is 4.57. The number of hydrogen-bond donors (Lipinski definition) is 2. The molecular formula is C14H17ClN4O2. The van der Waals surface area contributed by atoms with Gasteiger partial charge in [0.2, 0.25) is 0 Å². The van der Waals surface area contributed by atoms with Gasteiger partial charge in [-0.25, -0.2) is 4.98 Å². The number of nitrogens with one attached hydrogen (secondary N) is 2. The van der Waals surface area contributed by atoms with Gasteiger partial charge in [-0.1, -0.05) is 23.7 Å². The summed E-state index contributed by atoms with van der Waals surface area (Å²) in [5.41, 5.74) is 0.954. The molecule has 0 saturated carbocycles. The molecule has 2 aromatic heterocycles. The van der Waals surface area contributed by atoms with Gasteiger partial charge in [0.1, 0.15) is 11.5 Å². The second-order valence-corrected chi connectivity index (χ2v) is 4.98. The molecule has 0 aromatic carbocycles. The predicted octanol–water partition coefficient (Wildman–Crippen LogP) is 2.78. The molecule has 1 amide bonds. The van der Waals surface area contributed by atoms with Gasteiger partial charge < -0.3 is 15.2 Å². The Kier molecular flexibility index (Phi) is 5.16. The molecule has 0 spiro atoms. The van der Waals surface area contributed by atoms with Crippen LogP contribution in [0.2, 0.25) is 5.02 Å². The highest BCUT2D eigenvalue weighted by Gasteiger charge is 2.14. The molecule has 0 aliphatic rings. The molecule has 112 valence electrons. The van der Waals surface area contributed by atoms with Crippen LogP contribution in [0, 0.1) is 6.92 Å². The van der Waals surface area contributed by atoms with Crippen molar-refractivity contribution in [3.63, 3.8) is 0 Å². The van der Waals surface area contributed by atoms with Crippen LogP contribution in [0.4, 0.5) is 5.82 Å². The first-order chi connectivity index (χ1) is 10.1. The van der Waals surface area contributed by atoms with Gasteiger partial charge >= 0.3 is 0 Å². The molecule has 2 rings (SSSR count). The summed E-state index contributed by atoms with van der Waals surface area (Å²) < 4.78 is 5.03. The summed E-state index contributed by atoms with van der Waals surface area (Å²) in [6, 6.07) is 5.16. The molecule has 0 aliphatic carbocycles. The number of nitrogens with zero attached hydrogens (tertiary/aromatic N) is 2. The zero-order valence-corrected chi connectivity index (χ0v) is 12.7. The second kappa shape index (κ2) is 7.08. The van der Waals surface area contributed by atoms with Crippen molar-refractivity contribution >= 4 is 23.3 Å². The lowest BCUT2D eigenvalue weighted by molar-refractivity contribution is 0.0942. The van der Waals surface area contributed by atoms with Crippen LogP contribution in [0.15, 0.2) is 22.7 Å². The number of halogens is 1. The summed E-state index contributed by atoms with van der Waals surface area (Å²) in [6.07, 6.45) is 0.969. The van der Waals surface area contributed by atoms with Gasteiger partial charge in [0.15, 0.2) is 5.76 Å². The van der Waals surface area contributed by atoms with Crippen LogP contribution in [0.3, 0.4) is 0 Å². The Morgan fingerprint density at radius 3 is 2.90 bits per heavy atom. The molecule has 2 heterocycles. The van der Waals surface area contributed by atoms with Gasteiger partial charge in [0.05, 0.1) is 17.3 Å². The summed E-state index contributed by atoms with van der Waals surface area (Å²) in [6.45, 7) is 4.89. The number of pyridine rings is 1. The fourth-order valence-electron chi connectivity index (χ4n) is 1.70. The molecule has 21 heavy (non-hydrogen) atoms. The zero-order valence-electron chi connectivity index (χ0n) is 11.9. The topological polar surface area (TPSA) is 80.0 Å². The molecule has 0 radical (unpaired) electrons. The van der Waals surface area contributed by atoms with Crippen molar-refractivity contribution in [1.29, 1.82) is 0 Å². The lowest BCUT2D eigenvalue weighted by atomic mass is 10.3. The van der Waals surface area contributed by atoms with Crippen LogP contribution in [0.1, 0.15) is 35.3 Å². The largest absolute Gasteiger partial charge is 0.370 e. The van der Waals surface area contributed by atoms with Crippen molar-refractivity contribution in [2.75, 3.05) is 11.9 Å². The number of aryl methyl sites for hydroxylation is 1. The van der Waals surface area contributed by atoms with Crippen molar-refractivity contribution in [1.82, 2.24) is 15.5 Å². The van der Waals surface area contributed by atoms with Crippen molar-refractivity contribution in [2.24, 2.45) is 0 Å². The third kappa shape index (κ3) is 4.19. The fourth-order valence-corrected chi connectivity index (χ4v) is 1.89. The molecular weight excluding hydrogens is 292 g/mol. The maximum absolute atomic E-state index is 12.1. The summed E-state index contributed by atoms with van der Waals surface area (Å²) in [4.78, 5) is 16.3. The Labute approximate surface area is 127 Å². The summed E-state index contributed by atoms with van der Waals surface area (Å²) in [5.74, 6) is 0.855. The number of carbonyl (C=O) groups is 1. The minimum atomic E-state index is -0.353. The van der Waals surface area contributed by atoms with Crippen LogP contribution in [0.5, 0.6) is 0 Å². The minimum Gasteiger partial charge on any atom is -0.370 e. The molecule has 0 atom stereocenters. The average Bonchev–Trinajstić information content (AvgIpc) is 2.89. The van der Waals surface area contributed by atoms with E-state index in [0.717, 1.165) is 18.7 Å². The first-order valence-electron chi connectivity index (χ1n) is 6.71. The van der Waals surface area contributed by atoms with Gasteiger partial charge in [-0.05, 0) is 25.5 Å². The minimum absolute atomic E-state index is 0.189. The maximum Gasteiger partial charge on any atom is 0.271 e. The first kappa shape index (κ1) is 15.3.